The third-order valence-corrected chi connectivity index (χ3v) is 5.42. The van der Waals surface area contributed by atoms with E-state index < -0.39 is 0 Å². The Hall–Kier alpha value is -2.03. The maximum Gasteiger partial charge on any atom is 0.234 e. The molecule has 1 aliphatic rings. The lowest BCUT2D eigenvalue weighted by Crippen LogP contribution is -2.29. The lowest BCUT2D eigenvalue weighted by Gasteiger charge is -2.19. The fraction of sp³-hybridized carbons (Fsp3) is 0.500. The topological polar surface area (TPSA) is 76.4 Å². The van der Waals surface area contributed by atoms with Gasteiger partial charge in [-0.3, -0.25) is 5.43 Å². The first kappa shape index (κ1) is 17.4. The van der Waals surface area contributed by atoms with Crippen molar-refractivity contribution < 1.29 is 4.74 Å². The van der Waals surface area contributed by atoms with Gasteiger partial charge in [-0.15, -0.1) is 10.2 Å². The van der Waals surface area contributed by atoms with E-state index in [1.807, 2.05) is 16.6 Å². The molecule has 0 saturated carbocycles. The highest BCUT2D eigenvalue weighted by Gasteiger charge is 2.27. The summed E-state index contributed by atoms with van der Waals surface area (Å²) >= 11 is 1.51. The standard InChI is InChI=1S/C18H24N6OS/c1-11-9-14(20-19-11)16-21-22-17-24(16)23-15(26-17)10-25-13-7-5-12(6-8-13)18(2,3)4/h5-8,11,14,19-20H,9-10H2,1-4H3. The van der Waals surface area contributed by atoms with Gasteiger partial charge in [0.15, 0.2) is 10.8 Å². The van der Waals surface area contributed by atoms with Crippen LogP contribution in [-0.4, -0.2) is 25.9 Å². The van der Waals surface area contributed by atoms with Gasteiger partial charge in [-0.05, 0) is 36.5 Å². The van der Waals surface area contributed by atoms with E-state index in [1.165, 1.54) is 16.9 Å². The Morgan fingerprint density at radius 2 is 1.96 bits per heavy atom. The number of benzene rings is 1. The number of aromatic nitrogens is 4. The van der Waals surface area contributed by atoms with E-state index in [0.717, 1.165) is 28.0 Å². The van der Waals surface area contributed by atoms with Gasteiger partial charge < -0.3 is 4.74 Å². The number of rotatable bonds is 4. The number of nitrogens with one attached hydrogen (secondary N) is 2. The summed E-state index contributed by atoms with van der Waals surface area (Å²) in [5.74, 6) is 1.69. The fourth-order valence-electron chi connectivity index (χ4n) is 3.03. The highest BCUT2D eigenvalue weighted by Crippen LogP contribution is 2.26. The van der Waals surface area contributed by atoms with Crippen LogP contribution in [0.4, 0.5) is 0 Å². The van der Waals surface area contributed by atoms with Crippen molar-refractivity contribution >= 4 is 16.3 Å². The van der Waals surface area contributed by atoms with Gasteiger partial charge in [0.1, 0.15) is 12.4 Å². The molecule has 4 rings (SSSR count). The van der Waals surface area contributed by atoms with Gasteiger partial charge in [0, 0.05) is 6.04 Å². The first-order valence-electron chi connectivity index (χ1n) is 8.85. The van der Waals surface area contributed by atoms with Gasteiger partial charge in [0.05, 0.1) is 6.04 Å². The van der Waals surface area contributed by atoms with Crippen molar-refractivity contribution in [3.05, 3.63) is 40.7 Å². The highest BCUT2D eigenvalue weighted by atomic mass is 32.1. The molecule has 26 heavy (non-hydrogen) atoms. The third-order valence-electron chi connectivity index (χ3n) is 4.54. The molecule has 138 valence electrons. The summed E-state index contributed by atoms with van der Waals surface area (Å²) < 4.78 is 7.72. The maximum absolute atomic E-state index is 5.90. The summed E-state index contributed by atoms with van der Waals surface area (Å²) in [6.45, 7) is 9.17. The van der Waals surface area contributed by atoms with Crippen molar-refractivity contribution in [2.24, 2.45) is 0 Å². The van der Waals surface area contributed by atoms with E-state index in [4.69, 9.17) is 4.74 Å². The van der Waals surface area contributed by atoms with Crippen LogP contribution in [0.3, 0.4) is 0 Å². The summed E-state index contributed by atoms with van der Waals surface area (Å²) in [6.07, 6.45) is 0.963. The van der Waals surface area contributed by atoms with Gasteiger partial charge >= 0.3 is 0 Å². The Morgan fingerprint density at radius 1 is 1.19 bits per heavy atom. The maximum atomic E-state index is 5.90. The van der Waals surface area contributed by atoms with Gasteiger partial charge in [-0.2, -0.15) is 9.61 Å². The van der Waals surface area contributed by atoms with Gasteiger partial charge in [0.2, 0.25) is 4.96 Å². The number of hydrogen-bond acceptors (Lipinski definition) is 7. The van der Waals surface area contributed by atoms with Crippen LogP contribution in [0.2, 0.25) is 0 Å². The zero-order valence-corrected chi connectivity index (χ0v) is 16.3. The number of ether oxygens (including phenoxy) is 1. The predicted octanol–water partition coefficient (Wildman–Crippen LogP) is 2.99. The highest BCUT2D eigenvalue weighted by molar-refractivity contribution is 7.16. The molecular formula is C18H24N6OS. The van der Waals surface area contributed by atoms with E-state index in [-0.39, 0.29) is 11.5 Å². The van der Waals surface area contributed by atoms with Crippen molar-refractivity contribution in [1.29, 1.82) is 0 Å². The lowest BCUT2D eigenvalue weighted by atomic mass is 9.87. The Bertz CT molecular complexity index is 895. The van der Waals surface area contributed by atoms with Crippen molar-refractivity contribution in [2.45, 2.75) is 58.2 Å². The minimum atomic E-state index is 0.126. The van der Waals surface area contributed by atoms with Crippen molar-refractivity contribution in [2.75, 3.05) is 0 Å². The lowest BCUT2D eigenvalue weighted by molar-refractivity contribution is 0.303. The molecular weight excluding hydrogens is 348 g/mol. The number of hydrazine groups is 1. The summed E-state index contributed by atoms with van der Waals surface area (Å²) in [5, 5.41) is 14.0. The molecule has 3 aromatic rings. The monoisotopic (exact) mass is 372 g/mol. The van der Waals surface area contributed by atoms with E-state index in [0.29, 0.717) is 12.6 Å². The minimum Gasteiger partial charge on any atom is -0.486 e. The summed E-state index contributed by atoms with van der Waals surface area (Å²) in [4.78, 5) is 0.794. The molecule has 0 spiro atoms. The van der Waals surface area contributed by atoms with Gasteiger partial charge in [-0.1, -0.05) is 44.2 Å². The normalized spacial score (nSPS) is 20.8. The molecule has 1 aliphatic heterocycles. The Kier molecular flexibility index (Phi) is 4.42. The largest absolute Gasteiger partial charge is 0.486 e. The van der Waals surface area contributed by atoms with Crippen LogP contribution in [0.5, 0.6) is 5.75 Å². The molecule has 2 unspecified atom stereocenters. The van der Waals surface area contributed by atoms with E-state index in [2.05, 4.69) is 66.0 Å². The molecule has 0 amide bonds. The first-order valence-corrected chi connectivity index (χ1v) is 9.67. The molecule has 0 aliphatic carbocycles. The van der Waals surface area contributed by atoms with Gasteiger partial charge in [0.25, 0.3) is 0 Å². The van der Waals surface area contributed by atoms with Crippen LogP contribution < -0.4 is 15.6 Å². The summed E-state index contributed by atoms with van der Waals surface area (Å²) in [6, 6.07) is 8.80. The zero-order valence-electron chi connectivity index (χ0n) is 15.5. The van der Waals surface area contributed by atoms with Crippen LogP contribution >= 0.6 is 11.3 Å². The molecule has 0 bridgehead atoms. The predicted molar refractivity (Wildman–Crippen MR) is 101 cm³/mol. The number of nitrogens with zero attached hydrogens (tertiary/aromatic N) is 4. The number of hydrogen-bond donors (Lipinski definition) is 2. The molecule has 8 heteroatoms. The first-order chi connectivity index (χ1) is 12.4. The van der Waals surface area contributed by atoms with Crippen LogP contribution in [0.15, 0.2) is 24.3 Å². The second-order valence-corrected chi connectivity index (χ2v) is 8.83. The minimum absolute atomic E-state index is 0.126. The smallest absolute Gasteiger partial charge is 0.234 e. The summed E-state index contributed by atoms with van der Waals surface area (Å²) in [5.41, 5.74) is 7.89. The molecule has 7 nitrogen and oxygen atoms in total. The molecule has 1 saturated heterocycles. The average molecular weight is 372 g/mol. The van der Waals surface area contributed by atoms with Crippen LogP contribution in [-0.2, 0) is 12.0 Å². The van der Waals surface area contributed by atoms with E-state index >= 15 is 0 Å². The average Bonchev–Trinajstić information content (AvgIpc) is 3.28. The third kappa shape index (κ3) is 3.44. The van der Waals surface area contributed by atoms with Gasteiger partial charge in [-0.25, -0.2) is 5.43 Å². The Labute approximate surface area is 156 Å². The Balaban J connectivity index is 1.45. The molecule has 3 heterocycles. The van der Waals surface area contributed by atoms with Crippen molar-refractivity contribution in [3.63, 3.8) is 0 Å². The van der Waals surface area contributed by atoms with E-state index in [9.17, 15) is 0 Å². The van der Waals surface area contributed by atoms with E-state index in [1.54, 1.807) is 0 Å². The van der Waals surface area contributed by atoms with Crippen LogP contribution in [0.1, 0.15) is 56.6 Å². The van der Waals surface area contributed by atoms with Crippen LogP contribution in [0, 0.1) is 0 Å². The quantitative estimate of drug-likeness (QED) is 0.733. The second kappa shape index (κ2) is 6.61. The molecule has 2 aromatic heterocycles. The molecule has 1 aromatic carbocycles. The zero-order chi connectivity index (χ0) is 18.3. The van der Waals surface area contributed by atoms with Crippen LogP contribution in [0.25, 0.3) is 4.96 Å². The summed E-state index contributed by atoms with van der Waals surface area (Å²) in [7, 11) is 0. The van der Waals surface area contributed by atoms with Crippen molar-refractivity contribution in [3.8, 4) is 5.75 Å². The molecule has 2 atom stereocenters. The second-order valence-electron chi connectivity index (χ2n) is 7.79. The van der Waals surface area contributed by atoms with Crippen molar-refractivity contribution in [1.82, 2.24) is 30.7 Å². The SMILES string of the molecule is CC1CC(c2nnc3sc(COc4ccc(C(C)(C)C)cc4)nn23)NN1. The Morgan fingerprint density at radius 3 is 2.62 bits per heavy atom. The molecule has 2 N–H and O–H groups in total. The number of fused-ring (bicyclic) bond motifs is 1. The molecule has 0 radical (unpaired) electrons. The fourth-order valence-corrected chi connectivity index (χ4v) is 3.78. The molecule has 1 fully saturated rings.